The smallest absolute Gasteiger partial charge is 0.255 e. The minimum absolute atomic E-state index is 0.281. The van der Waals surface area contributed by atoms with Gasteiger partial charge in [0, 0.05) is 18.4 Å². The quantitative estimate of drug-likeness (QED) is 0.773. The van der Waals surface area contributed by atoms with Crippen molar-refractivity contribution in [1.29, 1.82) is 0 Å². The molecule has 1 saturated carbocycles. The Kier molecular flexibility index (Phi) is 2.12. The van der Waals surface area contributed by atoms with Crippen molar-refractivity contribution in [3.8, 4) is 0 Å². The fraction of sp³-hybridized carbons (Fsp3) is 0.556. The lowest BCUT2D eigenvalue weighted by atomic mass is 10.3. The van der Waals surface area contributed by atoms with E-state index in [4.69, 9.17) is 0 Å². The predicted octanol–water partition coefficient (Wildman–Crippen LogP) is 1.83. The molecular formula is C9H12FN3. The number of hydrogen-bond acceptors (Lipinski definition) is 3. The molecule has 0 bridgehead atoms. The zero-order valence-corrected chi connectivity index (χ0v) is 7.50. The van der Waals surface area contributed by atoms with E-state index in [-0.39, 0.29) is 5.82 Å². The molecule has 4 heteroatoms. The fourth-order valence-electron chi connectivity index (χ4n) is 1.47. The molecule has 1 N–H and O–H groups in total. The summed E-state index contributed by atoms with van der Waals surface area (Å²) in [6.07, 6.45) is 5.10. The lowest BCUT2D eigenvalue weighted by Crippen LogP contribution is -2.08. The zero-order chi connectivity index (χ0) is 9.26. The molecule has 1 aromatic heterocycles. The first-order valence-electron chi connectivity index (χ1n) is 4.54. The fourth-order valence-corrected chi connectivity index (χ4v) is 1.47. The number of rotatable bonds is 3. The summed E-state index contributed by atoms with van der Waals surface area (Å²) < 4.78 is 13.0. The highest BCUT2D eigenvalue weighted by atomic mass is 19.1. The van der Waals surface area contributed by atoms with Gasteiger partial charge in [0.1, 0.15) is 0 Å². The van der Waals surface area contributed by atoms with Gasteiger partial charge in [0.15, 0.2) is 5.82 Å². The third-order valence-electron chi connectivity index (χ3n) is 2.42. The van der Waals surface area contributed by atoms with E-state index in [2.05, 4.69) is 22.2 Å². The summed E-state index contributed by atoms with van der Waals surface area (Å²) in [5.41, 5.74) is 0. The van der Waals surface area contributed by atoms with Crippen LogP contribution in [0.1, 0.15) is 19.8 Å². The number of nitrogens with zero attached hydrogens (tertiary/aromatic N) is 2. The molecule has 2 rings (SSSR count). The van der Waals surface area contributed by atoms with Crippen molar-refractivity contribution in [3.63, 3.8) is 0 Å². The maximum Gasteiger partial charge on any atom is 0.255 e. The van der Waals surface area contributed by atoms with Gasteiger partial charge in [-0.25, -0.2) is 9.97 Å². The van der Waals surface area contributed by atoms with Crippen LogP contribution in [0.15, 0.2) is 12.4 Å². The van der Waals surface area contributed by atoms with E-state index in [9.17, 15) is 4.39 Å². The Morgan fingerprint density at radius 2 is 2.31 bits per heavy atom. The second-order valence-electron chi connectivity index (χ2n) is 3.35. The number of aromatic nitrogens is 2. The van der Waals surface area contributed by atoms with Gasteiger partial charge in [-0.15, -0.1) is 0 Å². The van der Waals surface area contributed by atoms with Crippen molar-refractivity contribution in [2.24, 2.45) is 5.92 Å². The molecule has 0 aliphatic heterocycles. The molecule has 1 aromatic rings. The molecule has 1 fully saturated rings. The van der Waals surface area contributed by atoms with Crippen molar-refractivity contribution in [3.05, 3.63) is 18.3 Å². The lowest BCUT2D eigenvalue weighted by molar-refractivity contribution is 0.579. The number of hydrogen-bond donors (Lipinski definition) is 1. The van der Waals surface area contributed by atoms with Gasteiger partial charge in [0.2, 0.25) is 0 Å². The van der Waals surface area contributed by atoms with E-state index in [1.54, 1.807) is 0 Å². The van der Waals surface area contributed by atoms with Gasteiger partial charge in [-0.2, -0.15) is 4.39 Å². The van der Waals surface area contributed by atoms with E-state index in [1.165, 1.54) is 12.4 Å². The van der Waals surface area contributed by atoms with Crippen LogP contribution in [0, 0.1) is 11.9 Å². The monoisotopic (exact) mass is 181 g/mol. The average Bonchev–Trinajstić information content (AvgIpc) is 2.88. The van der Waals surface area contributed by atoms with Crippen LogP contribution in [0.4, 0.5) is 10.2 Å². The molecule has 0 amide bonds. The number of halogens is 1. The summed E-state index contributed by atoms with van der Waals surface area (Å²) in [5.74, 6) is 0.453. The van der Waals surface area contributed by atoms with Crippen LogP contribution in [0.5, 0.6) is 0 Å². The third kappa shape index (κ3) is 1.76. The summed E-state index contributed by atoms with van der Waals surface area (Å²) >= 11 is 0. The molecule has 2 atom stereocenters. The van der Waals surface area contributed by atoms with E-state index in [0.29, 0.717) is 12.0 Å². The largest absolute Gasteiger partial charge is 0.363 e. The topological polar surface area (TPSA) is 37.8 Å². The molecule has 13 heavy (non-hydrogen) atoms. The van der Waals surface area contributed by atoms with Crippen LogP contribution in [0.25, 0.3) is 0 Å². The third-order valence-corrected chi connectivity index (χ3v) is 2.42. The molecule has 1 heterocycles. The van der Waals surface area contributed by atoms with Crippen molar-refractivity contribution in [2.75, 3.05) is 5.32 Å². The standard InChI is InChI=1S/C9H12FN3/c1-2-6-5-7(6)13-9-8(10)11-3-4-12-9/h3-4,6-7H,2,5H2,1H3,(H,12,13). The van der Waals surface area contributed by atoms with Gasteiger partial charge in [-0.05, 0) is 12.3 Å². The summed E-state index contributed by atoms with van der Waals surface area (Å²) in [7, 11) is 0. The molecule has 1 aliphatic carbocycles. The molecule has 70 valence electrons. The maximum absolute atomic E-state index is 13.0. The van der Waals surface area contributed by atoms with Gasteiger partial charge in [0.25, 0.3) is 5.95 Å². The van der Waals surface area contributed by atoms with Crippen LogP contribution in [0.2, 0.25) is 0 Å². The Bertz CT molecular complexity index is 303. The van der Waals surface area contributed by atoms with E-state index in [1.807, 2.05) is 0 Å². The van der Waals surface area contributed by atoms with Gasteiger partial charge < -0.3 is 5.32 Å². The molecule has 0 aromatic carbocycles. The highest BCUT2D eigenvalue weighted by Crippen LogP contribution is 2.35. The summed E-state index contributed by atoms with van der Waals surface area (Å²) in [5, 5.41) is 3.04. The average molecular weight is 181 g/mol. The number of nitrogens with one attached hydrogen (secondary N) is 1. The Balaban J connectivity index is 1.99. The highest BCUT2D eigenvalue weighted by Gasteiger charge is 2.35. The number of anilines is 1. The van der Waals surface area contributed by atoms with Crippen LogP contribution in [-0.4, -0.2) is 16.0 Å². The summed E-state index contributed by atoms with van der Waals surface area (Å²) in [6, 6.07) is 0.399. The zero-order valence-electron chi connectivity index (χ0n) is 7.50. The first-order valence-corrected chi connectivity index (χ1v) is 4.54. The molecule has 0 saturated heterocycles. The predicted molar refractivity (Wildman–Crippen MR) is 47.8 cm³/mol. The molecule has 0 spiro atoms. The minimum atomic E-state index is -0.510. The Morgan fingerprint density at radius 1 is 1.54 bits per heavy atom. The van der Waals surface area contributed by atoms with Gasteiger partial charge in [0.05, 0.1) is 0 Å². The van der Waals surface area contributed by atoms with Crippen LogP contribution >= 0.6 is 0 Å². The molecular weight excluding hydrogens is 169 g/mol. The summed E-state index contributed by atoms with van der Waals surface area (Å²) in [4.78, 5) is 7.40. The van der Waals surface area contributed by atoms with Crippen LogP contribution < -0.4 is 5.32 Å². The van der Waals surface area contributed by atoms with Crippen molar-refractivity contribution < 1.29 is 4.39 Å². The van der Waals surface area contributed by atoms with Crippen molar-refractivity contribution in [1.82, 2.24) is 9.97 Å². The molecule has 1 aliphatic rings. The SMILES string of the molecule is CCC1CC1Nc1nccnc1F. The van der Waals surface area contributed by atoms with Crippen LogP contribution in [0.3, 0.4) is 0 Å². The van der Waals surface area contributed by atoms with Gasteiger partial charge in [-0.1, -0.05) is 13.3 Å². The second kappa shape index (κ2) is 3.28. The first kappa shape index (κ1) is 8.41. The van der Waals surface area contributed by atoms with E-state index >= 15 is 0 Å². The first-order chi connectivity index (χ1) is 6.31. The minimum Gasteiger partial charge on any atom is -0.363 e. The lowest BCUT2D eigenvalue weighted by Gasteiger charge is -2.03. The second-order valence-corrected chi connectivity index (χ2v) is 3.35. The van der Waals surface area contributed by atoms with Crippen molar-refractivity contribution in [2.45, 2.75) is 25.8 Å². The van der Waals surface area contributed by atoms with Crippen molar-refractivity contribution >= 4 is 5.82 Å². The van der Waals surface area contributed by atoms with E-state index in [0.717, 1.165) is 12.8 Å². The Morgan fingerprint density at radius 3 is 2.92 bits per heavy atom. The molecule has 3 nitrogen and oxygen atoms in total. The van der Waals surface area contributed by atoms with Crippen LogP contribution in [-0.2, 0) is 0 Å². The Hall–Kier alpha value is -1.19. The highest BCUT2D eigenvalue weighted by molar-refractivity contribution is 5.35. The molecule has 2 unspecified atom stereocenters. The van der Waals surface area contributed by atoms with E-state index < -0.39 is 5.95 Å². The molecule has 0 radical (unpaired) electrons. The maximum atomic E-state index is 13.0. The normalized spacial score (nSPS) is 25.7. The van der Waals surface area contributed by atoms with Gasteiger partial charge in [-0.3, -0.25) is 0 Å². The van der Waals surface area contributed by atoms with Gasteiger partial charge >= 0.3 is 0 Å². The Labute approximate surface area is 76.4 Å². The summed E-state index contributed by atoms with van der Waals surface area (Å²) in [6.45, 7) is 2.14.